The molecule has 0 aliphatic carbocycles. The summed E-state index contributed by atoms with van der Waals surface area (Å²) >= 11 is 5.91. The van der Waals surface area contributed by atoms with Crippen molar-refractivity contribution in [3.05, 3.63) is 41.9 Å². The zero-order valence-electron chi connectivity index (χ0n) is 11.4. The molecule has 0 N–H and O–H groups in total. The summed E-state index contributed by atoms with van der Waals surface area (Å²) in [7, 11) is 0. The quantitative estimate of drug-likeness (QED) is 0.777. The predicted octanol–water partition coefficient (Wildman–Crippen LogP) is 2.95. The van der Waals surface area contributed by atoms with Crippen LogP contribution in [-0.4, -0.2) is 36.0 Å². The molecule has 3 nitrogen and oxygen atoms in total. The molecule has 2 rings (SSSR count). The molecule has 0 saturated carbocycles. The summed E-state index contributed by atoms with van der Waals surface area (Å²) in [5.41, 5.74) is 0.937. The number of benzene rings is 1. The van der Waals surface area contributed by atoms with Gasteiger partial charge in [-0.2, -0.15) is 0 Å². The summed E-state index contributed by atoms with van der Waals surface area (Å²) < 4.78 is 0. The van der Waals surface area contributed by atoms with Gasteiger partial charge < -0.3 is 9.80 Å². The highest BCUT2D eigenvalue weighted by molar-refractivity contribution is 6.30. The number of anilines is 1. The minimum absolute atomic E-state index is 0.000700. The van der Waals surface area contributed by atoms with Crippen LogP contribution in [0.5, 0.6) is 0 Å². The molecule has 19 heavy (non-hydrogen) atoms. The molecule has 102 valence electrons. The highest BCUT2D eigenvalue weighted by Crippen LogP contribution is 2.26. The number of piperazine rings is 1. The second-order valence-electron chi connectivity index (χ2n) is 5.40. The first kappa shape index (κ1) is 13.9. The van der Waals surface area contributed by atoms with Gasteiger partial charge in [-0.1, -0.05) is 18.2 Å². The van der Waals surface area contributed by atoms with Crippen molar-refractivity contribution in [2.75, 3.05) is 24.5 Å². The summed E-state index contributed by atoms with van der Waals surface area (Å²) in [4.78, 5) is 16.0. The largest absolute Gasteiger partial charge is 0.367 e. The van der Waals surface area contributed by atoms with E-state index >= 15 is 0 Å². The molecule has 0 bridgehead atoms. The molecule has 1 fully saturated rings. The fourth-order valence-electron chi connectivity index (χ4n) is 2.55. The van der Waals surface area contributed by atoms with Crippen molar-refractivity contribution in [1.82, 2.24) is 4.90 Å². The van der Waals surface area contributed by atoms with E-state index < -0.39 is 0 Å². The average molecular weight is 279 g/mol. The molecule has 1 aromatic carbocycles. The summed E-state index contributed by atoms with van der Waals surface area (Å²) in [6.45, 7) is 10.1. The van der Waals surface area contributed by atoms with Crippen molar-refractivity contribution in [2.24, 2.45) is 0 Å². The molecule has 1 saturated heterocycles. The van der Waals surface area contributed by atoms with Crippen molar-refractivity contribution in [3.63, 3.8) is 0 Å². The van der Waals surface area contributed by atoms with E-state index in [2.05, 4.69) is 25.3 Å². The lowest BCUT2D eigenvalue weighted by atomic mass is 9.98. The summed E-state index contributed by atoms with van der Waals surface area (Å²) in [6, 6.07) is 7.82. The highest BCUT2D eigenvalue weighted by atomic mass is 35.5. The normalized spacial score (nSPS) is 18.3. The first-order valence-electron chi connectivity index (χ1n) is 6.38. The molecular weight excluding hydrogens is 260 g/mol. The number of amides is 1. The smallest absolute Gasteiger partial charge is 0.246 e. The Morgan fingerprint density at radius 2 is 1.95 bits per heavy atom. The van der Waals surface area contributed by atoms with E-state index in [1.165, 1.54) is 6.08 Å². The van der Waals surface area contributed by atoms with Gasteiger partial charge in [0.2, 0.25) is 5.91 Å². The van der Waals surface area contributed by atoms with Crippen LogP contribution in [0.25, 0.3) is 0 Å². The number of nitrogens with zero attached hydrogens (tertiary/aromatic N) is 2. The van der Waals surface area contributed by atoms with Crippen LogP contribution >= 0.6 is 11.6 Å². The van der Waals surface area contributed by atoms with Crippen LogP contribution < -0.4 is 4.90 Å². The topological polar surface area (TPSA) is 23.6 Å². The molecule has 1 aliphatic rings. The number of carbonyl (C=O) groups excluding carboxylic acids is 1. The fraction of sp³-hybridized carbons (Fsp3) is 0.400. The molecule has 0 radical (unpaired) electrons. The molecule has 1 aromatic rings. The minimum atomic E-state index is -0.205. The summed E-state index contributed by atoms with van der Waals surface area (Å²) in [5.74, 6) is 0.000700. The van der Waals surface area contributed by atoms with E-state index in [-0.39, 0.29) is 11.4 Å². The lowest BCUT2D eigenvalue weighted by Gasteiger charge is -2.47. The van der Waals surface area contributed by atoms with Gasteiger partial charge in [-0.25, -0.2) is 0 Å². The molecule has 0 spiro atoms. The van der Waals surface area contributed by atoms with Gasteiger partial charge in [0, 0.05) is 30.3 Å². The lowest BCUT2D eigenvalue weighted by Crippen LogP contribution is -2.60. The predicted molar refractivity (Wildman–Crippen MR) is 79.7 cm³/mol. The molecule has 0 aromatic heterocycles. The minimum Gasteiger partial charge on any atom is -0.367 e. The Bertz CT molecular complexity index is 481. The fourth-order valence-corrected chi connectivity index (χ4v) is 2.67. The number of carbonyl (C=O) groups is 1. The van der Waals surface area contributed by atoms with Crippen LogP contribution in [0, 0.1) is 0 Å². The number of rotatable bonds is 2. The Balaban J connectivity index is 2.15. The molecule has 0 unspecified atom stereocenters. The Kier molecular flexibility index (Phi) is 3.85. The Labute approximate surface area is 119 Å². The van der Waals surface area contributed by atoms with Gasteiger partial charge in [0.25, 0.3) is 0 Å². The maximum absolute atomic E-state index is 11.8. The van der Waals surface area contributed by atoms with E-state index in [9.17, 15) is 4.79 Å². The van der Waals surface area contributed by atoms with E-state index in [1.54, 1.807) is 0 Å². The first-order chi connectivity index (χ1) is 8.94. The van der Waals surface area contributed by atoms with Crippen molar-refractivity contribution in [2.45, 2.75) is 19.4 Å². The number of halogens is 1. The monoisotopic (exact) mass is 278 g/mol. The van der Waals surface area contributed by atoms with Gasteiger partial charge in [0.05, 0.1) is 5.54 Å². The summed E-state index contributed by atoms with van der Waals surface area (Å²) in [6.07, 6.45) is 1.39. The highest BCUT2D eigenvalue weighted by Gasteiger charge is 2.35. The van der Waals surface area contributed by atoms with Crippen molar-refractivity contribution in [1.29, 1.82) is 0 Å². The van der Waals surface area contributed by atoms with Gasteiger partial charge in [-0.3, -0.25) is 4.79 Å². The maximum atomic E-state index is 11.8. The average Bonchev–Trinajstić information content (AvgIpc) is 2.37. The van der Waals surface area contributed by atoms with Crippen LogP contribution in [0.4, 0.5) is 5.69 Å². The molecule has 1 heterocycles. The van der Waals surface area contributed by atoms with E-state index in [0.717, 1.165) is 23.8 Å². The Hall–Kier alpha value is -1.48. The van der Waals surface area contributed by atoms with Crippen molar-refractivity contribution < 1.29 is 4.79 Å². The SMILES string of the molecule is C=CC(=O)N1CCN(c2ccc(Cl)cc2)CC1(C)C. The van der Waals surface area contributed by atoms with Gasteiger partial charge in [-0.15, -0.1) is 0 Å². The third-order valence-electron chi connectivity index (χ3n) is 3.53. The standard InChI is InChI=1S/C15H19ClN2O/c1-4-14(19)18-10-9-17(11-15(18,2)3)13-7-5-12(16)6-8-13/h4-8H,1,9-11H2,2-3H3. The number of hydrogen-bond acceptors (Lipinski definition) is 2. The van der Waals surface area contributed by atoms with Gasteiger partial charge in [0.1, 0.15) is 0 Å². The number of hydrogen-bond donors (Lipinski definition) is 0. The van der Waals surface area contributed by atoms with Gasteiger partial charge in [-0.05, 0) is 44.2 Å². The van der Waals surface area contributed by atoms with Crippen LogP contribution in [0.1, 0.15) is 13.8 Å². The molecule has 1 amide bonds. The molecule has 0 atom stereocenters. The molecular formula is C15H19ClN2O. The van der Waals surface area contributed by atoms with E-state index in [4.69, 9.17) is 11.6 Å². The van der Waals surface area contributed by atoms with E-state index in [0.29, 0.717) is 6.54 Å². The first-order valence-corrected chi connectivity index (χ1v) is 6.76. The van der Waals surface area contributed by atoms with E-state index in [1.807, 2.05) is 29.2 Å². The van der Waals surface area contributed by atoms with Crippen LogP contribution in [0.15, 0.2) is 36.9 Å². The van der Waals surface area contributed by atoms with Crippen LogP contribution in [-0.2, 0) is 4.79 Å². The second kappa shape index (κ2) is 5.25. The third-order valence-corrected chi connectivity index (χ3v) is 3.79. The lowest BCUT2D eigenvalue weighted by molar-refractivity contribution is -0.131. The second-order valence-corrected chi connectivity index (χ2v) is 5.84. The Morgan fingerprint density at radius 1 is 1.32 bits per heavy atom. The molecule has 1 aliphatic heterocycles. The molecule has 4 heteroatoms. The van der Waals surface area contributed by atoms with Crippen LogP contribution in [0.3, 0.4) is 0 Å². The van der Waals surface area contributed by atoms with Gasteiger partial charge >= 0.3 is 0 Å². The zero-order chi connectivity index (χ0) is 14.0. The summed E-state index contributed by atoms with van der Waals surface area (Å²) in [5, 5.41) is 0.739. The maximum Gasteiger partial charge on any atom is 0.246 e. The van der Waals surface area contributed by atoms with Crippen molar-refractivity contribution in [3.8, 4) is 0 Å². The third kappa shape index (κ3) is 2.92. The van der Waals surface area contributed by atoms with Crippen molar-refractivity contribution >= 4 is 23.2 Å². The van der Waals surface area contributed by atoms with Gasteiger partial charge in [0.15, 0.2) is 0 Å². The van der Waals surface area contributed by atoms with Crippen LogP contribution in [0.2, 0.25) is 5.02 Å². The zero-order valence-corrected chi connectivity index (χ0v) is 12.2. The Morgan fingerprint density at radius 3 is 2.47 bits per heavy atom.